The zero-order valence-electron chi connectivity index (χ0n) is 11.4. The lowest BCUT2D eigenvalue weighted by atomic mass is 9.76. The first-order chi connectivity index (χ1) is 8.26. The molecule has 17 heavy (non-hydrogen) atoms. The van der Waals surface area contributed by atoms with Gasteiger partial charge in [-0.1, -0.05) is 26.7 Å². The third kappa shape index (κ3) is 2.90. The Morgan fingerprint density at radius 1 is 1.12 bits per heavy atom. The maximum absolute atomic E-state index is 12.4. The number of carbonyl (C=O) groups excluding carboxylic acids is 1. The first-order valence-electron chi connectivity index (χ1n) is 7.56. The molecule has 0 amide bonds. The normalized spacial score (nSPS) is 33.5. The fraction of sp³-hybridized carbons (Fsp3) is 0.933. The van der Waals surface area contributed by atoms with Crippen molar-refractivity contribution in [2.24, 2.45) is 11.8 Å². The van der Waals surface area contributed by atoms with Crippen LogP contribution in [0.4, 0.5) is 0 Å². The van der Waals surface area contributed by atoms with Gasteiger partial charge in [0.25, 0.3) is 0 Å². The van der Waals surface area contributed by atoms with Crippen molar-refractivity contribution < 1.29 is 4.79 Å². The summed E-state index contributed by atoms with van der Waals surface area (Å²) >= 11 is 0. The molecule has 3 atom stereocenters. The van der Waals surface area contributed by atoms with Crippen LogP contribution in [0, 0.1) is 11.8 Å². The zero-order valence-corrected chi connectivity index (χ0v) is 11.4. The molecule has 98 valence electrons. The Morgan fingerprint density at radius 3 is 2.53 bits per heavy atom. The van der Waals surface area contributed by atoms with E-state index >= 15 is 0 Å². The molecule has 0 bridgehead atoms. The average molecular weight is 237 g/mol. The lowest BCUT2D eigenvalue weighted by Crippen LogP contribution is -2.53. The van der Waals surface area contributed by atoms with Gasteiger partial charge in [-0.3, -0.25) is 4.79 Å². The van der Waals surface area contributed by atoms with Crippen LogP contribution in [-0.4, -0.2) is 17.9 Å². The summed E-state index contributed by atoms with van der Waals surface area (Å²) in [6, 6.07) is 0.806. The van der Waals surface area contributed by atoms with E-state index in [-0.39, 0.29) is 12.0 Å². The quantitative estimate of drug-likeness (QED) is 0.813. The molecule has 3 unspecified atom stereocenters. The minimum absolute atomic E-state index is 0.166. The van der Waals surface area contributed by atoms with Gasteiger partial charge in [0, 0.05) is 12.0 Å². The summed E-state index contributed by atoms with van der Waals surface area (Å²) < 4.78 is 0. The lowest BCUT2D eigenvalue weighted by molar-refractivity contribution is -0.126. The zero-order chi connectivity index (χ0) is 12.3. The van der Waals surface area contributed by atoms with E-state index in [1.54, 1.807) is 0 Å². The maximum atomic E-state index is 12.4. The van der Waals surface area contributed by atoms with E-state index in [4.69, 9.17) is 0 Å². The summed E-state index contributed by atoms with van der Waals surface area (Å²) in [6.07, 6.45) is 9.77. The highest BCUT2D eigenvalue weighted by Crippen LogP contribution is 2.33. The monoisotopic (exact) mass is 237 g/mol. The Morgan fingerprint density at radius 2 is 1.82 bits per heavy atom. The van der Waals surface area contributed by atoms with Crippen LogP contribution in [0.2, 0.25) is 0 Å². The van der Waals surface area contributed by atoms with Gasteiger partial charge >= 0.3 is 0 Å². The largest absolute Gasteiger partial charge is 0.304 e. The van der Waals surface area contributed by atoms with Crippen molar-refractivity contribution >= 4 is 5.78 Å². The minimum atomic E-state index is 0.166. The Hall–Kier alpha value is -0.370. The molecule has 1 N–H and O–H groups in total. The van der Waals surface area contributed by atoms with Crippen molar-refractivity contribution in [1.29, 1.82) is 0 Å². The molecular weight excluding hydrogens is 210 g/mol. The van der Waals surface area contributed by atoms with Gasteiger partial charge in [-0.05, 0) is 44.4 Å². The van der Waals surface area contributed by atoms with Crippen molar-refractivity contribution in [3.63, 3.8) is 0 Å². The molecule has 0 aromatic carbocycles. The number of ketones is 1. The number of rotatable bonds is 4. The van der Waals surface area contributed by atoms with Gasteiger partial charge in [0.05, 0.1) is 6.04 Å². The second kappa shape index (κ2) is 5.99. The maximum Gasteiger partial charge on any atom is 0.152 e. The molecule has 2 aliphatic rings. The number of piperidine rings is 1. The number of carbonyl (C=O) groups is 1. The summed E-state index contributed by atoms with van der Waals surface area (Å²) in [6.45, 7) is 4.27. The molecule has 1 saturated carbocycles. The van der Waals surface area contributed by atoms with Gasteiger partial charge in [0.2, 0.25) is 0 Å². The van der Waals surface area contributed by atoms with Gasteiger partial charge in [-0.15, -0.1) is 0 Å². The van der Waals surface area contributed by atoms with Gasteiger partial charge in [-0.2, -0.15) is 0 Å². The number of nitrogens with one attached hydrogen (secondary N) is 1. The van der Waals surface area contributed by atoms with Crippen LogP contribution in [0.15, 0.2) is 0 Å². The molecule has 1 saturated heterocycles. The van der Waals surface area contributed by atoms with E-state index in [0.29, 0.717) is 11.8 Å². The summed E-state index contributed by atoms with van der Waals surface area (Å²) in [5.41, 5.74) is 0. The summed E-state index contributed by atoms with van der Waals surface area (Å²) in [5.74, 6) is 1.63. The van der Waals surface area contributed by atoms with Crippen molar-refractivity contribution in [2.75, 3.05) is 0 Å². The smallest absolute Gasteiger partial charge is 0.152 e. The lowest BCUT2D eigenvalue weighted by Gasteiger charge is -2.40. The third-order valence-corrected chi connectivity index (χ3v) is 4.88. The molecule has 0 aromatic rings. The molecule has 1 heterocycles. The van der Waals surface area contributed by atoms with Crippen LogP contribution in [0.25, 0.3) is 0 Å². The second-order valence-electron chi connectivity index (χ2n) is 5.86. The summed E-state index contributed by atoms with van der Waals surface area (Å²) in [7, 11) is 0. The highest BCUT2D eigenvalue weighted by Gasteiger charge is 2.35. The number of hydrogen-bond acceptors (Lipinski definition) is 2. The number of Topliss-reactive ketones (excluding diaryl/α,β-unsaturated/α-hetero) is 1. The van der Waals surface area contributed by atoms with E-state index in [9.17, 15) is 4.79 Å². The first-order valence-corrected chi connectivity index (χ1v) is 7.56. The topological polar surface area (TPSA) is 29.1 Å². The molecule has 2 heteroatoms. The van der Waals surface area contributed by atoms with E-state index < -0.39 is 0 Å². The van der Waals surface area contributed by atoms with Gasteiger partial charge in [0.15, 0.2) is 5.78 Å². The fourth-order valence-corrected chi connectivity index (χ4v) is 3.70. The van der Waals surface area contributed by atoms with E-state index in [1.807, 2.05) is 0 Å². The SMILES string of the molecule is CCC(CC)C(=O)C1CCC2CCCCC2N1. The van der Waals surface area contributed by atoms with Gasteiger partial charge in [-0.25, -0.2) is 0 Å². The van der Waals surface area contributed by atoms with E-state index in [1.165, 1.54) is 32.1 Å². The first kappa shape index (κ1) is 13.1. The van der Waals surface area contributed by atoms with Crippen LogP contribution in [-0.2, 0) is 4.79 Å². The Labute approximate surface area is 106 Å². The summed E-state index contributed by atoms with van der Waals surface area (Å²) in [5, 5.41) is 3.65. The number of hydrogen-bond donors (Lipinski definition) is 1. The molecule has 2 rings (SSSR count). The summed E-state index contributed by atoms with van der Waals surface area (Å²) in [4.78, 5) is 12.4. The Bertz CT molecular complexity index is 260. The number of fused-ring (bicyclic) bond motifs is 1. The highest BCUT2D eigenvalue weighted by atomic mass is 16.1. The molecule has 2 nitrogen and oxygen atoms in total. The van der Waals surface area contributed by atoms with Crippen LogP contribution in [0.3, 0.4) is 0 Å². The van der Waals surface area contributed by atoms with Crippen LogP contribution < -0.4 is 5.32 Å². The van der Waals surface area contributed by atoms with E-state index in [0.717, 1.165) is 25.2 Å². The molecule has 1 aliphatic carbocycles. The molecule has 1 aliphatic heterocycles. The standard InChI is InChI=1S/C15H27NO/c1-3-11(4-2)15(17)14-10-9-12-7-5-6-8-13(12)16-14/h11-14,16H,3-10H2,1-2H3. The van der Waals surface area contributed by atoms with Crippen molar-refractivity contribution in [3.05, 3.63) is 0 Å². The molecule has 2 fully saturated rings. The van der Waals surface area contributed by atoms with Crippen molar-refractivity contribution in [3.8, 4) is 0 Å². The molecule has 0 aromatic heterocycles. The van der Waals surface area contributed by atoms with Gasteiger partial charge < -0.3 is 5.32 Å². The Kier molecular flexibility index (Phi) is 4.61. The van der Waals surface area contributed by atoms with Crippen LogP contribution in [0.1, 0.15) is 65.2 Å². The fourth-order valence-electron chi connectivity index (χ4n) is 3.70. The predicted molar refractivity (Wildman–Crippen MR) is 71.0 cm³/mol. The third-order valence-electron chi connectivity index (χ3n) is 4.88. The second-order valence-corrected chi connectivity index (χ2v) is 5.86. The van der Waals surface area contributed by atoms with Gasteiger partial charge in [0.1, 0.15) is 0 Å². The molecule has 0 spiro atoms. The van der Waals surface area contributed by atoms with Crippen molar-refractivity contribution in [2.45, 2.75) is 77.3 Å². The highest BCUT2D eigenvalue weighted by molar-refractivity contribution is 5.86. The van der Waals surface area contributed by atoms with Crippen molar-refractivity contribution in [1.82, 2.24) is 5.32 Å². The van der Waals surface area contributed by atoms with Crippen LogP contribution >= 0.6 is 0 Å². The predicted octanol–water partition coefficient (Wildman–Crippen LogP) is 3.30. The average Bonchev–Trinajstić information content (AvgIpc) is 2.39. The minimum Gasteiger partial charge on any atom is -0.304 e. The molecular formula is C15H27NO. The van der Waals surface area contributed by atoms with E-state index in [2.05, 4.69) is 19.2 Å². The molecule has 0 radical (unpaired) electrons. The van der Waals surface area contributed by atoms with Crippen LogP contribution in [0.5, 0.6) is 0 Å². The Balaban J connectivity index is 1.92.